The summed E-state index contributed by atoms with van der Waals surface area (Å²) in [6.45, 7) is 2.33. The van der Waals surface area contributed by atoms with Crippen LogP contribution in [-0.2, 0) is 6.61 Å². The summed E-state index contributed by atoms with van der Waals surface area (Å²) in [6, 6.07) is 10.0. The number of thiophene rings is 1. The van der Waals surface area contributed by atoms with Crippen molar-refractivity contribution in [2.75, 3.05) is 5.75 Å². The highest BCUT2D eigenvalue weighted by Gasteiger charge is 2.43. The number of ketones is 1. The fourth-order valence-electron chi connectivity index (χ4n) is 5.36. The third-order valence-corrected chi connectivity index (χ3v) is 9.14. The van der Waals surface area contributed by atoms with Crippen LogP contribution in [0, 0.1) is 23.6 Å². The van der Waals surface area contributed by atoms with Gasteiger partial charge >= 0.3 is 0 Å². The van der Waals surface area contributed by atoms with Gasteiger partial charge < -0.3 is 4.74 Å². The second-order valence-corrected chi connectivity index (χ2v) is 11.5. The van der Waals surface area contributed by atoms with Crippen LogP contribution >= 0.6 is 34.7 Å². The Kier molecular flexibility index (Phi) is 6.77. The van der Waals surface area contributed by atoms with Gasteiger partial charge in [0.25, 0.3) is 0 Å². The van der Waals surface area contributed by atoms with Gasteiger partial charge in [-0.2, -0.15) is 0 Å². The SMILES string of the molecule is C[C@H]([C@H]1C[C@H]2CC[C@H]1C2)n1c(COc2ccccc2F)nnc1SCC(=O)c1ccc(Cl)s1. The molecule has 2 bridgehead atoms. The Bertz CT molecular complexity index is 1150. The number of fused-ring (bicyclic) bond motifs is 2. The van der Waals surface area contributed by atoms with Crippen molar-refractivity contribution in [3.63, 3.8) is 0 Å². The van der Waals surface area contributed by atoms with E-state index in [4.69, 9.17) is 16.3 Å². The van der Waals surface area contributed by atoms with Crippen molar-refractivity contribution in [2.24, 2.45) is 17.8 Å². The summed E-state index contributed by atoms with van der Waals surface area (Å²) in [5.74, 6) is 2.81. The minimum atomic E-state index is -0.403. The lowest BCUT2D eigenvalue weighted by Crippen LogP contribution is -2.24. The molecule has 0 aliphatic heterocycles. The molecule has 0 radical (unpaired) electrons. The van der Waals surface area contributed by atoms with E-state index >= 15 is 0 Å². The molecule has 2 saturated carbocycles. The minimum absolute atomic E-state index is 0.0168. The minimum Gasteiger partial charge on any atom is -0.483 e. The van der Waals surface area contributed by atoms with Crippen molar-refractivity contribution in [3.05, 3.63) is 57.3 Å². The molecule has 174 valence electrons. The Morgan fingerprint density at radius 2 is 2.12 bits per heavy atom. The number of carbonyl (C=O) groups excluding carboxylic acids is 1. The van der Waals surface area contributed by atoms with Gasteiger partial charge in [0.1, 0.15) is 6.61 Å². The highest BCUT2D eigenvalue weighted by atomic mass is 35.5. The first-order chi connectivity index (χ1) is 16.0. The van der Waals surface area contributed by atoms with Gasteiger partial charge in [0.05, 0.1) is 15.0 Å². The fourth-order valence-corrected chi connectivity index (χ4v) is 7.36. The average molecular weight is 506 g/mol. The van der Waals surface area contributed by atoms with Crippen molar-refractivity contribution < 1.29 is 13.9 Å². The summed E-state index contributed by atoms with van der Waals surface area (Å²) >= 11 is 8.66. The maximum Gasteiger partial charge on any atom is 0.192 e. The first-order valence-corrected chi connectivity index (χ1v) is 13.4. The molecule has 3 aromatic rings. The van der Waals surface area contributed by atoms with Gasteiger partial charge in [-0.15, -0.1) is 21.5 Å². The van der Waals surface area contributed by atoms with E-state index in [2.05, 4.69) is 21.7 Å². The highest BCUT2D eigenvalue weighted by molar-refractivity contribution is 7.99. The molecule has 1 aromatic carbocycles. The predicted octanol–water partition coefficient (Wildman–Crippen LogP) is 6.68. The molecule has 0 spiro atoms. The first kappa shape index (κ1) is 22.9. The van der Waals surface area contributed by atoms with Gasteiger partial charge in [0.15, 0.2) is 28.3 Å². The van der Waals surface area contributed by atoms with Crippen LogP contribution in [0.25, 0.3) is 0 Å². The number of nitrogens with zero attached hydrogens (tertiary/aromatic N) is 3. The second-order valence-electron chi connectivity index (χ2n) is 8.88. The zero-order valence-corrected chi connectivity index (χ0v) is 20.6. The monoisotopic (exact) mass is 505 g/mol. The van der Waals surface area contributed by atoms with E-state index in [0.717, 1.165) is 11.8 Å². The summed E-state index contributed by atoms with van der Waals surface area (Å²) in [4.78, 5) is 13.3. The Morgan fingerprint density at radius 1 is 1.27 bits per heavy atom. The van der Waals surface area contributed by atoms with E-state index < -0.39 is 5.82 Å². The Labute approximate surface area is 205 Å². The van der Waals surface area contributed by atoms with Crippen LogP contribution in [0.5, 0.6) is 5.75 Å². The number of Topliss-reactive ketones (excluding diaryl/α,β-unsaturated/α-hetero) is 1. The molecule has 2 fully saturated rings. The molecular weight excluding hydrogens is 481 g/mol. The van der Waals surface area contributed by atoms with Gasteiger partial charge in [-0.1, -0.05) is 41.9 Å². The molecule has 4 atom stereocenters. The predicted molar refractivity (Wildman–Crippen MR) is 129 cm³/mol. The molecule has 2 aromatic heterocycles. The zero-order chi connectivity index (χ0) is 22.9. The number of para-hydroxylation sites is 1. The van der Waals surface area contributed by atoms with Gasteiger partial charge in [0, 0.05) is 6.04 Å². The number of rotatable bonds is 9. The third-order valence-electron chi connectivity index (χ3n) is 6.93. The molecule has 5 rings (SSSR count). The molecule has 2 aliphatic carbocycles. The third kappa shape index (κ3) is 4.84. The Balaban J connectivity index is 1.36. The Hall–Kier alpha value is -1.90. The van der Waals surface area contributed by atoms with E-state index in [1.807, 2.05) is 0 Å². The number of thioether (sulfide) groups is 1. The summed E-state index contributed by atoms with van der Waals surface area (Å²) in [5.41, 5.74) is 0. The maximum atomic E-state index is 14.1. The largest absolute Gasteiger partial charge is 0.483 e. The normalized spacial score (nSPS) is 22.6. The lowest BCUT2D eigenvalue weighted by molar-refractivity contribution is 0.102. The van der Waals surface area contributed by atoms with Gasteiger partial charge in [-0.3, -0.25) is 9.36 Å². The molecule has 2 heterocycles. The maximum absolute atomic E-state index is 14.1. The van der Waals surface area contributed by atoms with Gasteiger partial charge in [-0.25, -0.2) is 4.39 Å². The molecule has 5 nitrogen and oxygen atoms in total. The van der Waals surface area contributed by atoms with Crippen LogP contribution in [-0.4, -0.2) is 26.3 Å². The fraction of sp³-hybridized carbons (Fsp3) is 0.458. The smallest absolute Gasteiger partial charge is 0.192 e. The molecule has 33 heavy (non-hydrogen) atoms. The summed E-state index contributed by atoms with van der Waals surface area (Å²) < 4.78 is 22.5. The van der Waals surface area contributed by atoms with Crippen molar-refractivity contribution >= 4 is 40.5 Å². The second kappa shape index (κ2) is 9.76. The number of carbonyl (C=O) groups is 1. The van der Waals surface area contributed by atoms with Crippen LogP contribution in [0.15, 0.2) is 41.6 Å². The average Bonchev–Trinajstić information content (AvgIpc) is 3.60. The molecule has 2 aliphatic rings. The van der Waals surface area contributed by atoms with Crippen molar-refractivity contribution in [1.82, 2.24) is 14.8 Å². The van der Waals surface area contributed by atoms with E-state index in [9.17, 15) is 9.18 Å². The van der Waals surface area contributed by atoms with E-state index in [1.165, 1.54) is 54.8 Å². The van der Waals surface area contributed by atoms with E-state index in [0.29, 0.717) is 26.1 Å². The molecule has 0 N–H and O–H groups in total. The van der Waals surface area contributed by atoms with Crippen LogP contribution in [0.4, 0.5) is 4.39 Å². The van der Waals surface area contributed by atoms with Crippen LogP contribution in [0.1, 0.15) is 54.1 Å². The summed E-state index contributed by atoms with van der Waals surface area (Å²) in [7, 11) is 0. The van der Waals surface area contributed by atoms with Gasteiger partial charge in [-0.05, 0) is 68.2 Å². The van der Waals surface area contributed by atoms with Crippen LogP contribution < -0.4 is 4.74 Å². The van der Waals surface area contributed by atoms with Crippen LogP contribution in [0.3, 0.4) is 0 Å². The summed E-state index contributed by atoms with van der Waals surface area (Å²) in [5, 5.41) is 9.49. The Morgan fingerprint density at radius 3 is 2.82 bits per heavy atom. The molecule has 0 amide bonds. The van der Waals surface area contributed by atoms with Gasteiger partial charge in [0.2, 0.25) is 0 Å². The van der Waals surface area contributed by atoms with Crippen molar-refractivity contribution in [1.29, 1.82) is 0 Å². The number of ether oxygens (including phenoxy) is 1. The number of hydrogen-bond acceptors (Lipinski definition) is 6. The zero-order valence-electron chi connectivity index (χ0n) is 18.2. The number of hydrogen-bond donors (Lipinski definition) is 0. The highest BCUT2D eigenvalue weighted by Crippen LogP contribution is 2.52. The number of aromatic nitrogens is 3. The van der Waals surface area contributed by atoms with Crippen LogP contribution in [0.2, 0.25) is 4.34 Å². The van der Waals surface area contributed by atoms with Crippen molar-refractivity contribution in [3.8, 4) is 5.75 Å². The first-order valence-electron chi connectivity index (χ1n) is 11.2. The van der Waals surface area contributed by atoms with Crippen molar-refractivity contribution in [2.45, 2.75) is 50.4 Å². The molecule has 0 saturated heterocycles. The van der Waals surface area contributed by atoms with E-state index in [-0.39, 0.29) is 29.9 Å². The van der Waals surface area contributed by atoms with E-state index in [1.54, 1.807) is 30.3 Å². The molecule has 0 unspecified atom stereocenters. The summed E-state index contributed by atoms with van der Waals surface area (Å²) in [6.07, 6.45) is 5.13. The quantitative estimate of drug-likeness (QED) is 0.240. The topological polar surface area (TPSA) is 57.0 Å². The molecular formula is C24H25ClFN3O2S2. The standard InChI is InChI=1S/C24H25ClFN3O2S2/c1-14(17-11-15-6-7-16(17)10-15)29-23(12-31-20-5-3-2-4-18(20)26)27-28-24(29)32-13-19(30)21-8-9-22(25)33-21/h2-5,8-9,14-17H,6-7,10-13H2,1H3/t14-,15+,16+,17-/m1/s1. The lowest BCUT2D eigenvalue weighted by Gasteiger charge is -2.30. The number of benzene rings is 1. The molecule has 9 heteroatoms. The lowest BCUT2D eigenvalue weighted by atomic mass is 9.84. The number of halogens is 2.